The normalized spacial score (nSPS) is 20.3. The average Bonchev–Trinajstić information content (AvgIpc) is 2.83. The van der Waals surface area contributed by atoms with Crippen molar-refractivity contribution in [1.82, 2.24) is 15.3 Å². The van der Waals surface area contributed by atoms with Crippen molar-refractivity contribution in [2.24, 2.45) is 0 Å². The molecule has 1 unspecified atom stereocenters. The van der Waals surface area contributed by atoms with Crippen LogP contribution in [0, 0.1) is 0 Å². The van der Waals surface area contributed by atoms with Crippen LogP contribution >= 0.6 is 15.9 Å². The molecule has 0 spiro atoms. The first-order valence-corrected chi connectivity index (χ1v) is 5.92. The Labute approximate surface area is 101 Å². The lowest BCUT2D eigenvalue weighted by atomic mass is 9.99. The maximum atomic E-state index is 11.2. The Morgan fingerprint density at radius 2 is 2.38 bits per heavy atom. The van der Waals surface area contributed by atoms with Crippen LogP contribution in [0.4, 0.5) is 0 Å². The summed E-state index contributed by atoms with van der Waals surface area (Å²) in [6.07, 6.45) is 4.39. The molecule has 0 radical (unpaired) electrons. The first-order chi connectivity index (χ1) is 7.74. The Bertz CT molecular complexity index is 563. The molecule has 3 heterocycles. The minimum Gasteiger partial charge on any atom is -0.361 e. The Kier molecular flexibility index (Phi) is 2.21. The third-order valence-electron chi connectivity index (χ3n) is 2.98. The van der Waals surface area contributed by atoms with Crippen molar-refractivity contribution in [3.8, 4) is 0 Å². The Balaban J connectivity index is 2.07. The minimum atomic E-state index is 0.129. The smallest absolute Gasteiger partial charge is 0.220 e. The van der Waals surface area contributed by atoms with Gasteiger partial charge in [0.05, 0.1) is 0 Å². The lowest BCUT2D eigenvalue weighted by molar-refractivity contribution is -0.119. The second kappa shape index (κ2) is 3.59. The molecule has 4 nitrogen and oxygen atoms in total. The largest absolute Gasteiger partial charge is 0.361 e. The summed E-state index contributed by atoms with van der Waals surface area (Å²) in [6.45, 7) is 0.724. The van der Waals surface area contributed by atoms with Crippen LogP contribution in [0.25, 0.3) is 10.9 Å². The molecule has 1 atom stereocenters. The maximum absolute atomic E-state index is 11.2. The summed E-state index contributed by atoms with van der Waals surface area (Å²) in [5.41, 5.74) is 2.23. The molecule has 3 rings (SSSR count). The van der Waals surface area contributed by atoms with Crippen molar-refractivity contribution in [3.05, 3.63) is 28.6 Å². The first-order valence-electron chi connectivity index (χ1n) is 5.13. The lowest BCUT2D eigenvalue weighted by Gasteiger charge is -2.04. The van der Waals surface area contributed by atoms with Crippen LogP contribution in [0.3, 0.4) is 0 Å². The second-order valence-corrected chi connectivity index (χ2v) is 4.81. The second-order valence-electron chi connectivity index (χ2n) is 4.00. The molecule has 82 valence electrons. The van der Waals surface area contributed by atoms with E-state index in [0.29, 0.717) is 6.42 Å². The summed E-state index contributed by atoms with van der Waals surface area (Å²) in [5, 5.41) is 3.95. The minimum absolute atomic E-state index is 0.129. The van der Waals surface area contributed by atoms with Gasteiger partial charge in [0.25, 0.3) is 0 Å². The molecule has 16 heavy (non-hydrogen) atoms. The summed E-state index contributed by atoms with van der Waals surface area (Å²) in [7, 11) is 0. The summed E-state index contributed by atoms with van der Waals surface area (Å²) in [6, 6.07) is 1.95. The van der Waals surface area contributed by atoms with Crippen LogP contribution in [0.15, 0.2) is 23.1 Å². The molecule has 0 bridgehead atoms. The number of amides is 1. The van der Waals surface area contributed by atoms with Gasteiger partial charge in [0.1, 0.15) is 4.60 Å². The molecule has 2 N–H and O–H groups in total. The molecule has 0 aromatic carbocycles. The Morgan fingerprint density at radius 1 is 1.50 bits per heavy atom. The van der Waals surface area contributed by atoms with E-state index in [1.54, 1.807) is 0 Å². The number of carbonyl (C=O) groups is 1. The topological polar surface area (TPSA) is 57.8 Å². The number of hydrogen-bond donors (Lipinski definition) is 2. The van der Waals surface area contributed by atoms with Gasteiger partial charge < -0.3 is 10.3 Å². The predicted octanol–water partition coefficient (Wildman–Crippen LogP) is 1.93. The zero-order valence-corrected chi connectivity index (χ0v) is 10.0. The molecule has 1 fully saturated rings. The Morgan fingerprint density at radius 3 is 3.12 bits per heavy atom. The highest BCUT2D eigenvalue weighted by Crippen LogP contribution is 2.30. The fourth-order valence-corrected chi connectivity index (χ4v) is 2.51. The van der Waals surface area contributed by atoms with Crippen molar-refractivity contribution < 1.29 is 4.79 Å². The monoisotopic (exact) mass is 279 g/mol. The SMILES string of the molecule is O=C1CC(c2c[nH]c3cc(Br)ncc23)CN1. The molecular formula is C11H10BrN3O. The van der Waals surface area contributed by atoms with E-state index in [1.165, 1.54) is 5.56 Å². The number of carbonyl (C=O) groups excluding carboxylic acids is 1. The average molecular weight is 280 g/mol. The summed E-state index contributed by atoms with van der Waals surface area (Å²) < 4.78 is 0.814. The molecule has 2 aromatic rings. The van der Waals surface area contributed by atoms with Crippen molar-refractivity contribution in [3.63, 3.8) is 0 Å². The van der Waals surface area contributed by atoms with E-state index >= 15 is 0 Å². The fraction of sp³-hybridized carbons (Fsp3) is 0.273. The highest BCUT2D eigenvalue weighted by molar-refractivity contribution is 9.10. The summed E-state index contributed by atoms with van der Waals surface area (Å²) in [5.74, 6) is 0.397. The van der Waals surface area contributed by atoms with Crippen LogP contribution in [-0.2, 0) is 4.79 Å². The van der Waals surface area contributed by atoms with Gasteiger partial charge >= 0.3 is 0 Å². The molecule has 5 heteroatoms. The predicted molar refractivity (Wildman–Crippen MR) is 64.2 cm³/mol. The number of H-pyrrole nitrogens is 1. The van der Waals surface area contributed by atoms with E-state index in [0.717, 1.165) is 22.1 Å². The summed E-state index contributed by atoms with van der Waals surface area (Å²) in [4.78, 5) is 18.6. The van der Waals surface area contributed by atoms with Gasteiger partial charge in [0, 0.05) is 42.2 Å². The maximum Gasteiger partial charge on any atom is 0.220 e. The van der Waals surface area contributed by atoms with Gasteiger partial charge in [-0.05, 0) is 27.6 Å². The standard InChI is InChI=1S/C11H10BrN3O/c12-10-2-9-8(5-14-10)7(4-13-9)6-1-11(16)15-3-6/h2,4-6,13H,1,3H2,(H,15,16). The van der Waals surface area contributed by atoms with Crippen molar-refractivity contribution in [2.75, 3.05) is 6.54 Å². The molecule has 1 saturated heterocycles. The number of rotatable bonds is 1. The summed E-state index contributed by atoms with van der Waals surface area (Å²) >= 11 is 3.34. The molecule has 1 amide bonds. The third kappa shape index (κ3) is 1.51. The van der Waals surface area contributed by atoms with Crippen molar-refractivity contribution >= 4 is 32.7 Å². The van der Waals surface area contributed by atoms with Crippen LogP contribution in [-0.4, -0.2) is 22.4 Å². The van der Waals surface area contributed by atoms with Gasteiger partial charge in [-0.15, -0.1) is 0 Å². The van der Waals surface area contributed by atoms with Crippen LogP contribution in [0.5, 0.6) is 0 Å². The quantitative estimate of drug-likeness (QED) is 0.784. The van der Waals surface area contributed by atoms with E-state index in [4.69, 9.17) is 0 Å². The number of nitrogens with one attached hydrogen (secondary N) is 2. The van der Waals surface area contributed by atoms with E-state index in [-0.39, 0.29) is 11.8 Å². The molecule has 0 saturated carbocycles. The third-order valence-corrected chi connectivity index (χ3v) is 3.42. The number of pyridine rings is 1. The molecular weight excluding hydrogens is 270 g/mol. The van der Waals surface area contributed by atoms with Crippen molar-refractivity contribution in [2.45, 2.75) is 12.3 Å². The number of aromatic nitrogens is 2. The highest BCUT2D eigenvalue weighted by atomic mass is 79.9. The van der Waals surface area contributed by atoms with E-state index in [1.807, 2.05) is 18.5 Å². The molecule has 1 aliphatic rings. The van der Waals surface area contributed by atoms with Gasteiger partial charge in [0.2, 0.25) is 5.91 Å². The van der Waals surface area contributed by atoms with Crippen LogP contribution < -0.4 is 5.32 Å². The number of nitrogens with zero attached hydrogens (tertiary/aromatic N) is 1. The van der Waals surface area contributed by atoms with Crippen LogP contribution in [0.2, 0.25) is 0 Å². The Hall–Kier alpha value is -1.36. The van der Waals surface area contributed by atoms with Gasteiger partial charge in [-0.2, -0.15) is 0 Å². The van der Waals surface area contributed by atoms with Crippen LogP contribution in [0.1, 0.15) is 17.9 Å². The molecule has 1 aliphatic heterocycles. The van der Waals surface area contributed by atoms with E-state index < -0.39 is 0 Å². The molecule has 2 aromatic heterocycles. The number of hydrogen-bond acceptors (Lipinski definition) is 2. The number of aromatic amines is 1. The number of halogens is 1. The van der Waals surface area contributed by atoms with Gasteiger partial charge in [-0.25, -0.2) is 4.98 Å². The number of fused-ring (bicyclic) bond motifs is 1. The first kappa shape index (κ1) is 9.84. The van der Waals surface area contributed by atoms with Crippen molar-refractivity contribution in [1.29, 1.82) is 0 Å². The lowest BCUT2D eigenvalue weighted by Crippen LogP contribution is -2.13. The van der Waals surface area contributed by atoms with Gasteiger partial charge in [0.15, 0.2) is 0 Å². The zero-order chi connectivity index (χ0) is 11.1. The van der Waals surface area contributed by atoms with E-state index in [9.17, 15) is 4.79 Å². The fourth-order valence-electron chi connectivity index (χ4n) is 2.18. The van der Waals surface area contributed by atoms with E-state index in [2.05, 4.69) is 31.2 Å². The van der Waals surface area contributed by atoms with Gasteiger partial charge in [-0.1, -0.05) is 0 Å². The molecule has 0 aliphatic carbocycles. The van der Waals surface area contributed by atoms with Gasteiger partial charge in [-0.3, -0.25) is 4.79 Å². The highest BCUT2D eigenvalue weighted by Gasteiger charge is 2.25. The zero-order valence-electron chi connectivity index (χ0n) is 8.46.